The number of hydrazine groups is 1. The molecule has 0 aromatic rings. The zero-order valence-electron chi connectivity index (χ0n) is 8.00. The summed E-state index contributed by atoms with van der Waals surface area (Å²) in [6, 6.07) is 0. The fourth-order valence-electron chi connectivity index (χ4n) is 1.56. The summed E-state index contributed by atoms with van der Waals surface area (Å²) in [5.41, 5.74) is 0. The van der Waals surface area contributed by atoms with Crippen LogP contribution in [0, 0.1) is 0 Å². The Morgan fingerprint density at radius 1 is 0.929 bits per heavy atom. The standard InChI is InChI=1S/C10H14N2O2/c1-2-4-12(6-10-8-14-10)11(3-1)5-9-7-13-9/h1-4,9-10H,5-8H2. The minimum absolute atomic E-state index is 0.425. The van der Waals surface area contributed by atoms with E-state index in [2.05, 4.69) is 22.4 Å². The van der Waals surface area contributed by atoms with Gasteiger partial charge in [-0.1, -0.05) is 0 Å². The highest BCUT2D eigenvalue weighted by atomic mass is 16.6. The maximum atomic E-state index is 5.22. The molecule has 4 heteroatoms. The first-order valence-corrected chi connectivity index (χ1v) is 5.03. The van der Waals surface area contributed by atoms with Crippen LogP contribution in [0.5, 0.6) is 0 Å². The number of epoxide rings is 2. The van der Waals surface area contributed by atoms with E-state index in [-0.39, 0.29) is 0 Å². The van der Waals surface area contributed by atoms with Crippen molar-refractivity contribution in [1.29, 1.82) is 0 Å². The Hall–Kier alpha value is -1.00. The molecule has 2 saturated heterocycles. The second-order valence-corrected chi connectivity index (χ2v) is 3.84. The summed E-state index contributed by atoms with van der Waals surface area (Å²) >= 11 is 0. The summed E-state index contributed by atoms with van der Waals surface area (Å²) in [7, 11) is 0. The van der Waals surface area contributed by atoms with E-state index in [4.69, 9.17) is 9.47 Å². The smallest absolute Gasteiger partial charge is 0.100 e. The Morgan fingerprint density at radius 2 is 1.36 bits per heavy atom. The van der Waals surface area contributed by atoms with E-state index < -0.39 is 0 Å². The van der Waals surface area contributed by atoms with Crippen LogP contribution in [0.3, 0.4) is 0 Å². The zero-order valence-corrected chi connectivity index (χ0v) is 8.00. The number of ether oxygens (including phenoxy) is 2. The number of allylic oxidation sites excluding steroid dienone is 2. The van der Waals surface area contributed by atoms with Crippen molar-refractivity contribution in [1.82, 2.24) is 10.0 Å². The van der Waals surface area contributed by atoms with Crippen molar-refractivity contribution in [3.8, 4) is 0 Å². The molecule has 3 heterocycles. The van der Waals surface area contributed by atoms with Crippen LogP contribution < -0.4 is 0 Å². The molecule has 0 aromatic carbocycles. The van der Waals surface area contributed by atoms with Gasteiger partial charge < -0.3 is 9.47 Å². The summed E-state index contributed by atoms with van der Waals surface area (Å²) in [6.07, 6.45) is 9.12. The Kier molecular flexibility index (Phi) is 1.96. The molecule has 2 atom stereocenters. The van der Waals surface area contributed by atoms with Gasteiger partial charge >= 0.3 is 0 Å². The van der Waals surface area contributed by atoms with E-state index in [9.17, 15) is 0 Å². The summed E-state index contributed by atoms with van der Waals surface area (Å²) < 4.78 is 10.4. The lowest BCUT2D eigenvalue weighted by Crippen LogP contribution is -2.40. The van der Waals surface area contributed by atoms with Crippen molar-refractivity contribution >= 4 is 0 Å². The molecule has 0 radical (unpaired) electrons. The Morgan fingerprint density at radius 3 is 1.71 bits per heavy atom. The largest absolute Gasteiger partial charge is 0.371 e. The number of nitrogens with zero attached hydrogens (tertiary/aromatic N) is 2. The number of hydrogen-bond acceptors (Lipinski definition) is 4. The minimum Gasteiger partial charge on any atom is -0.371 e. The van der Waals surface area contributed by atoms with E-state index in [1.54, 1.807) is 0 Å². The van der Waals surface area contributed by atoms with Gasteiger partial charge in [-0.2, -0.15) is 0 Å². The van der Waals surface area contributed by atoms with E-state index in [1.807, 2.05) is 12.2 Å². The van der Waals surface area contributed by atoms with Gasteiger partial charge in [-0.15, -0.1) is 0 Å². The lowest BCUT2D eigenvalue weighted by molar-refractivity contribution is 0.0582. The van der Waals surface area contributed by atoms with Gasteiger partial charge in [0, 0.05) is 12.4 Å². The molecular weight excluding hydrogens is 180 g/mol. The van der Waals surface area contributed by atoms with E-state index in [0.29, 0.717) is 12.2 Å². The van der Waals surface area contributed by atoms with Gasteiger partial charge in [-0.05, 0) is 12.2 Å². The third kappa shape index (κ3) is 1.91. The van der Waals surface area contributed by atoms with Gasteiger partial charge in [0.15, 0.2) is 0 Å². The molecule has 0 bridgehead atoms. The molecule has 0 amide bonds. The van der Waals surface area contributed by atoms with Crippen LogP contribution in [0.15, 0.2) is 24.6 Å². The molecule has 14 heavy (non-hydrogen) atoms. The van der Waals surface area contributed by atoms with Crippen molar-refractivity contribution in [3.63, 3.8) is 0 Å². The quantitative estimate of drug-likeness (QED) is 0.604. The molecule has 0 aromatic heterocycles. The molecule has 3 rings (SSSR count). The highest BCUT2D eigenvalue weighted by molar-refractivity contribution is 5.07. The van der Waals surface area contributed by atoms with Crippen LogP contribution >= 0.6 is 0 Å². The van der Waals surface area contributed by atoms with Crippen molar-refractivity contribution in [2.75, 3.05) is 26.3 Å². The van der Waals surface area contributed by atoms with E-state index in [0.717, 1.165) is 26.3 Å². The van der Waals surface area contributed by atoms with Crippen molar-refractivity contribution in [2.24, 2.45) is 0 Å². The maximum Gasteiger partial charge on any atom is 0.100 e. The second kappa shape index (κ2) is 3.29. The van der Waals surface area contributed by atoms with E-state index >= 15 is 0 Å². The van der Waals surface area contributed by atoms with Gasteiger partial charge in [0.1, 0.15) is 12.2 Å². The first kappa shape index (κ1) is 8.32. The molecule has 0 spiro atoms. The number of hydrogen-bond donors (Lipinski definition) is 0. The Bertz CT molecular complexity index is 241. The van der Waals surface area contributed by atoms with Crippen LogP contribution in [0.2, 0.25) is 0 Å². The topological polar surface area (TPSA) is 31.5 Å². The third-order valence-corrected chi connectivity index (χ3v) is 2.54. The van der Waals surface area contributed by atoms with Crippen molar-refractivity contribution < 1.29 is 9.47 Å². The predicted molar refractivity (Wildman–Crippen MR) is 51.2 cm³/mol. The Labute approximate surface area is 83.3 Å². The minimum atomic E-state index is 0.425. The average Bonchev–Trinajstić information content (AvgIpc) is 3.01. The fraction of sp³-hybridized carbons (Fsp3) is 0.600. The highest BCUT2D eigenvalue weighted by Crippen LogP contribution is 2.18. The van der Waals surface area contributed by atoms with Crippen molar-refractivity contribution in [2.45, 2.75) is 12.2 Å². The van der Waals surface area contributed by atoms with Crippen LogP contribution in [0.4, 0.5) is 0 Å². The normalized spacial score (nSPS) is 33.7. The predicted octanol–water partition coefficient (Wildman–Crippen LogP) is 0.344. The molecule has 2 fully saturated rings. The molecule has 4 nitrogen and oxygen atoms in total. The van der Waals surface area contributed by atoms with Crippen molar-refractivity contribution in [3.05, 3.63) is 24.6 Å². The molecule has 3 aliphatic rings. The molecule has 0 aliphatic carbocycles. The summed E-state index contributed by atoms with van der Waals surface area (Å²) in [5.74, 6) is 0. The average molecular weight is 194 g/mol. The summed E-state index contributed by atoms with van der Waals surface area (Å²) in [4.78, 5) is 0. The molecule has 3 aliphatic heterocycles. The summed E-state index contributed by atoms with van der Waals surface area (Å²) in [6.45, 7) is 3.71. The molecular formula is C10H14N2O2. The van der Waals surface area contributed by atoms with E-state index in [1.165, 1.54) is 0 Å². The lowest BCUT2D eigenvalue weighted by Gasteiger charge is -2.34. The lowest BCUT2D eigenvalue weighted by atomic mass is 10.4. The Balaban J connectivity index is 1.59. The zero-order chi connectivity index (χ0) is 9.38. The SMILES string of the molecule is C1=CN(CC2CO2)N(CC2CO2)C=C1. The summed E-state index contributed by atoms with van der Waals surface area (Å²) in [5, 5.41) is 4.39. The second-order valence-electron chi connectivity index (χ2n) is 3.84. The monoisotopic (exact) mass is 194 g/mol. The molecule has 76 valence electrons. The van der Waals surface area contributed by atoms with Gasteiger partial charge in [0.05, 0.1) is 26.3 Å². The molecule has 0 N–H and O–H groups in total. The number of rotatable bonds is 4. The van der Waals surface area contributed by atoms with Crippen LogP contribution in [0.25, 0.3) is 0 Å². The maximum absolute atomic E-state index is 5.22. The molecule has 2 unspecified atom stereocenters. The first-order valence-electron chi connectivity index (χ1n) is 5.03. The van der Waals surface area contributed by atoms with Gasteiger partial charge in [-0.25, -0.2) is 0 Å². The highest BCUT2D eigenvalue weighted by Gasteiger charge is 2.30. The third-order valence-electron chi connectivity index (χ3n) is 2.54. The fourth-order valence-corrected chi connectivity index (χ4v) is 1.56. The first-order chi connectivity index (χ1) is 6.92. The van der Waals surface area contributed by atoms with Crippen LogP contribution in [-0.4, -0.2) is 48.5 Å². The van der Waals surface area contributed by atoms with Gasteiger partial charge in [-0.3, -0.25) is 10.0 Å². The molecule has 0 saturated carbocycles. The van der Waals surface area contributed by atoms with Crippen LogP contribution in [0.1, 0.15) is 0 Å². The van der Waals surface area contributed by atoms with Gasteiger partial charge in [0.2, 0.25) is 0 Å². The van der Waals surface area contributed by atoms with Crippen LogP contribution in [-0.2, 0) is 9.47 Å². The van der Waals surface area contributed by atoms with Gasteiger partial charge in [0.25, 0.3) is 0 Å².